The maximum atomic E-state index is 12.6. The van der Waals surface area contributed by atoms with Crippen molar-refractivity contribution in [3.63, 3.8) is 0 Å². The van der Waals surface area contributed by atoms with E-state index in [-0.39, 0.29) is 5.91 Å². The molecular weight excluding hydrogens is 268 g/mol. The monoisotopic (exact) mass is 292 g/mol. The molecule has 1 aromatic heterocycles. The molecule has 2 aliphatic rings. The van der Waals surface area contributed by atoms with Crippen LogP contribution >= 0.6 is 11.3 Å². The maximum absolute atomic E-state index is 12.6. The van der Waals surface area contributed by atoms with Crippen LogP contribution in [0.3, 0.4) is 0 Å². The number of aryl methyl sites for hydroxylation is 2. The lowest BCUT2D eigenvalue weighted by molar-refractivity contribution is 0.0648. The largest absolute Gasteiger partial charge is 0.335 e. The smallest absolute Gasteiger partial charge is 0.264 e. The molecule has 0 atom stereocenters. The van der Waals surface area contributed by atoms with Gasteiger partial charge >= 0.3 is 0 Å². The van der Waals surface area contributed by atoms with Gasteiger partial charge < -0.3 is 9.80 Å². The van der Waals surface area contributed by atoms with Crippen molar-refractivity contribution in [2.24, 2.45) is 0 Å². The predicted molar refractivity (Wildman–Crippen MR) is 83.6 cm³/mol. The van der Waals surface area contributed by atoms with Gasteiger partial charge in [-0.25, -0.2) is 0 Å². The first-order valence-corrected chi connectivity index (χ1v) is 8.73. The van der Waals surface area contributed by atoms with E-state index in [4.69, 9.17) is 0 Å². The highest BCUT2D eigenvalue weighted by molar-refractivity contribution is 7.14. The minimum absolute atomic E-state index is 0.263. The Balaban J connectivity index is 1.68. The first-order chi connectivity index (χ1) is 9.78. The molecule has 0 saturated carbocycles. The number of amides is 1. The fraction of sp³-hybridized carbons (Fsp3) is 0.688. The number of hydrogen-bond acceptors (Lipinski definition) is 3. The Kier molecular flexibility index (Phi) is 4.41. The average Bonchev–Trinajstić information content (AvgIpc) is 2.77. The second kappa shape index (κ2) is 6.27. The summed E-state index contributed by atoms with van der Waals surface area (Å²) in [4.78, 5) is 19.5. The molecule has 1 aromatic rings. The molecule has 1 aliphatic carbocycles. The Hall–Kier alpha value is -0.870. The molecule has 4 heteroatoms. The molecule has 3 nitrogen and oxygen atoms in total. The van der Waals surface area contributed by atoms with Crippen LogP contribution in [0.2, 0.25) is 0 Å². The average molecular weight is 292 g/mol. The molecule has 0 radical (unpaired) electrons. The second-order valence-corrected chi connectivity index (χ2v) is 6.98. The molecule has 0 bridgehead atoms. The van der Waals surface area contributed by atoms with E-state index in [2.05, 4.69) is 17.9 Å². The molecular formula is C16H24N2OS. The van der Waals surface area contributed by atoms with Crippen LogP contribution in [-0.2, 0) is 12.8 Å². The molecule has 110 valence electrons. The van der Waals surface area contributed by atoms with Crippen LogP contribution in [0.5, 0.6) is 0 Å². The van der Waals surface area contributed by atoms with Gasteiger partial charge in [-0.3, -0.25) is 4.79 Å². The van der Waals surface area contributed by atoms with Gasteiger partial charge in [-0.1, -0.05) is 13.3 Å². The first-order valence-electron chi connectivity index (χ1n) is 7.91. The topological polar surface area (TPSA) is 23.6 Å². The van der Waals surface area contributed by atoms with Crippen LogP contribution in [0, 0.1) is 0 Å². The molecule has 1 saturated heterocycles. The van der Waals surface area contributed by atoms with Gasteiger partial charge in [0.25, 0.3) is 5.91 Å². The van der Waals surface area contributed by atoms with Gasteiger partial charge in [0.05, 0.1) is 4.88 Å². The standard InChI is InChI=1S/C16H24N2OS/c1-2-17-8-10-18(11-9-17)16(19)15-12-13-6-4-3-5-7-14(13)20-15/h12H,2-11H2,1H3. The summed E-state index contributed by atoms with van der Waals surface area (Å²) in [6.07, 6.45) is 6.26. The fourth-order valence-electron chi connectivity index (χ4n) is 3.20. The van der Waals surface area contributed by atoms with Crippen LogP contribution in [-0.4, -0.2) is 48.4 Å². The SMILES string of the molecule is CCN1CCN(C(=O)c2cc3c(s2)CCCCC3)CC1. The molecule has 0 spiro atoms. The number of piperazine rings is 1. The molecule has 2 heterocycles. The quantitative estimate of drug-likeness (QED) is 0.783. The summed E-state index contributed by atoms with van der Waals surface area (Å²) in [7, 11) is 0. The van der Waals surface area contributed by atoms with Crippen LogP contribution in [0.1, 0.15) is 46.3 Å². The highest BCUT2D eigenvalue weighted by atomic mass is 32.1. The van der Waals surface area contributed by atoms with E-state index in [0.717, 1.165) is 37.6 Å². The van der Waals surface area contributed by atoms with Crippen LogP contribution in [0.4, 0.5) is 0 Å². The number of thiophene rings is 1. The summed E-state index contributed by atoms with van der Waals surface area (Å²) in [6, 6.07) is 2.18. The molecule has 0 N–H and O–H groups in total. The van der Waals surface area contributed by atoms with Gasteiger partial charge in [0.1, 0.15) is 0 Å². The number of rotatable bonds is 2. The van der Waals surface area contributed by atoms with Crippen molar-refractivity contribution >= 4 is 17.2 Å². The van der Waals surface area contributed by atoms with Crippen molar-refractivity contribution in [3.8, 4) is 0 Å². The van der Waals surface area contributed by atoms with Crippen LogP contribution in [0.25, 0.3) is 0 Å². The third-order valence-electron chi connectivity index (χ3n) is 4.56. The van der Waals surface area contributed by atoms with Crippen molar-refractivity contribution < 1.29 is 4.79 Å². The van der Waals surface area contributed by atoms with E-state index in [1.807, 2.05) is 4.90 Å². The van der Waals surface area contributed by atoms with Crippen molar-refractivity contribution in [2.75, 3.05) is 32.7 Å². The minimum atomic E-state index is 0.263. The Morgan fingerprint density at radius 3 is 2.65 bits per heavy atom. The van der Waals surface area contributed by atoms with E-state index in [1.165, 1.54) is 42.5 Å². The molecule has 1 amide bonds. The van der Waals surface area contributed by atoms with Gasteiger partial charge in [0.2, 0.25) is 0 Å². The zero-order valence-corrected chi connectivity index (χ0v) is 13.2. The Bertz CT molecular complexity index is 451. The summed E-state index contributed by atoms with van der Waals surface area (Å²) in [5, 5.41) is 0. The van der Waals surface area contributed by atoms with E-state index >= 15 is 0 Å². The van der Waals surface area contributed by atoms with Crippen molar-refractivity contribution in [3.05, 3.63) is 21.4 Å². The predicted octanol–water partition coefficient (Wildman–Crippen LogP) is 2.79. The van der Waals surface area contributed by atoms with Crippen molar-refractivity contribution in [1.29, 1.82) is 0 Å². The first kappa shape index (κ1) is 14.1. The van der Waals surface area contributed by atoms with E-state index in [1.54, 1.807) is 11.3 Å². The summed E-state index contributed by atoms with van der Waals surface area (Å²) in [5.74, 6) is 0.263. The van der Waals surface area contributed by atoms with E-state index < -0.39 is 0 Å². The van der Waals surface area contributed by atoms with E-state index in [9.17, 15) is 4.79 Å². The lowest BCUT2D eigenvalue weighted by Gasteiger charge is -2.33. The Morgan fingerprint density at radius 1 is 1.15 bits per heavy atom. The van der Waals surface area contributed by atoms with Crippen molar-refractivity contribution in [2.45, 2.75) is 39.0 Å². The number of carbonyl (C=O) groups excluding carboxylic acids is 1. The van der Waals surface area contributed by atoms with Crippen molar-refractivity contribution in [1.82, 2.24) is 9.80 Å². The zero-order valence-electron chi connectivity index (χ0n) is 12.4. The number of carbonyl (C=O) groups is 1. The fourth-order valence-corrected chi connectivity index (χ4v) is 4.42. The zero-order chi connectivity index (χ0) is 13.9. The molecule has 20 heavy (non-hydrogen) atoms. The molecule has 0 unspecified atom stereocenters. The number of nitrogens with zero attached hydrogens (tertiary/aromatic N) is 2. The number of hydrogen-bond donors (Lipinski definition) is 0. The summed E-state index contributed by atoms with van der Waals surface area (Å²) in [6.45, 7) is 7.09. The maximum Gasteiger partial charge on any atom is 0.264 e. The van der Waals surface area contributed by atoms with Crippen LogP contribution < -0.4 is 0 Å². The molecule has 1 aliphatic heterocycles. The lowest BCUT2D eigenvalue weighted by atomic mass is 10.1. The number of fused-ring (bicyclic) bond motifs is 1. The van der Waals surface area contributed by atoms with Gasteiger partial charge in [-0.05, 0) is 43.9 Å². The highest BCUT2D eigenvalue weighted by Gasteiger charge is 2.24. The molecule has 3 rings (SSSR count). The molecule has 0 aromatic carbocycles. The summed E-state index contributed by atoms with van der Waals surface area (Å²) in [5.41, 5.74) is 1.45. The molecule has 1 fully saturated rings. The highest BCUT2D eigenvalue weighted by Crippen LogP contribution is 2.29. The van der Waals surface area contributed by atoms with Crippen LogP contribution in [0.15, 0.2) is 6.07 Å². The van der Waals surface area contributed by atoms with Gasteiger partial charge in [-0.15, -0.1) is 11.3 Å². The van der Waals surface area contributed by atoms with Gasteiger partial charge in [0.15, 0.2) is 0 Å². The Morgan fingerprint density at radius 2 is 1.90 bits per heavy atom. The Labute approximate surface area is 125 Å². The third-order valence-corrected chi connectivity index (χ3v) is 5.79. The number of likely N-dealkylation sites (N-methyl/N-ethyl adjacent to an activating group) is 1. The van der Waals surface area contributed by atoms with Gasteiger partial charge in [-0.2, -0.15) is 0 Å². The van der Waals surface area contributed by atoms with Gasteiger partial charge in [0, 0.05) is 31.1 Å². The lowest BCUT2D eigenvalue weighted by Crippen LogP contribution is -2.48. The summed E-state index contributed by atoms with van der Waals surface area (Å²) >= 11 is 1.75. The summed E-state index contributed by atoms with van der Waals surface area (Å²) < 4.78 is 0. The normalized spacial score (nSPS) is 20.6. The van der Waals surface area contributed by atoms with E-state index in [0.29, 0.717) is 0 Å². The third kappa shape index (κ3) is 2.91. The minimum Gasteiger partial charge on any atom is -0.335 e. The second-order valence-electron chi connectivity index (χ2n) is 5.85.